The summed E-state index contributed by atoms with van der Waals surface area (Å²) in [5.74, 6) is 0.380. The maximum Gasteiger partial charge on any atom is 0.191 e. The number of halogens is 1. The number of nitrogens with zero attached hydrogens (tertiary/aromatic N) is 3. The van der Waals surface area contributed by atoms with Crippen LogP contribution in [-0.2, 0) is 6.42 Å². The van der Waals surface area contributed by atoms with E-state index in [4.69, 9.17) is 17.3 Å². The third kappa shape index (κ3) is 5.52. The minimum Gasteiger partial charge on any atom is -0.384 e. The minimum absolute atomic E-state index is 0.143. The van der Waals surface area contributed by atoms with Crippen LogP contribution in [0, 0.1) is 0 Å². The summed E-state index contributed by atoms with van der Waals surface area (Å²) in [7, 11) is 0. The van der Waals surface area contributed by atoms with Gasteiger partial charge in [-0.3, -0.25) is 4.98 Å². The van der Waals surface area contributed by atoms with Crippen LogP contribution in [0.5, 0.6) is 0 Å². The Hall–Kier alpha value is -1.33. The Bertz CT molecular complexity index is 557. The fourth-order valence-electron chi connectivity index (χ4n) is 1.62. The second-order valence-corrected chi connectivity index (χ2v) is 5.80. The van der Waals surface area contributed by atoms with Crippen molar-refractivity contribution in [2.24, 2.45) is 0 Å². The Labute approximate surface area is 135 Å². The number of hydrogen-bond donors (Lipinski definition) is 1. The van der Waals surface area contributed by atoms with Crippen LogP contribution in [0.2, 0.25) is 5.15 Å². The summed E-state index contributed by atoms with van der Waals surface area (Å²) in [6.07, 6.45) is 2.83. The predicted molar refractivity (Wildman–Crippen MR) is 90.7 cm³/mol. The van der Waals surface area contributed by atoms with Crippen molar-refractivity contribution in [3.05, 3.63) is 40.8 Å². The van der Waals surface area contributed by atoms with Gasteiger partial charge in [-0.1, -0.05) is 44.1 Å². The van der Waals surface area contributed by atoms with E-state index in [-0.39, 0.29) is 5.25 Å². The number of rotatable bonds is 4. The largest absolute Gasteiger partial charge is 0.384 e. The second-order valence-electron chi connectivity index (χ2n) is 4.10. The molecule has 1 atom stereocenters. The van der Waals surface area contributed by atoms with E-state index < -0.39 is 0 Å². The quantitative estimate of drug-likeness (QED) is 0.508. The van der Waals surface area contributed by atoms with Crippen molar-refractivity contribution in [3.63, 3.8) is 0 Å². The molecule has 4 nitrogen and oxygen atoms in total. The van der Waals surface area contributed by atoms with Gasteiger partial charge in [-0.05, 0) is 31.0 Å². The van der Waals surface area contributed by atoms with Gasteiger partial charge in [-0.15, -0.1) is 0 Å². The monoisotopic (exact) mass is 324 g/mol. The lowest BCUT2D eigenvalue weighted by Crippen LogP contribution is -1.98. The SMILES string of the molecule is CC.CCc1ccnc(C(C)Sc2nc(N)cc(Cl)n2)c1. The molecule has 0 fully saturated rings. The van der Waals surface area contributed by atoms with E-state index in [1.54, 1.807) is 0 Å². The van der Waals surface area contributed by atoms with Gasteiger partial charge in [0.05, 0.1) is 10.9 Å². The van der Waals surface area contributed by atoms with E-state index in [1.165, 1.54) is 23.4 Å². The van der Waals surface area contributed by atoms with Gasteiger partial charge in [0.25, 0.3) is 0 Å². The lowest BCUT2D eigenvalue weighted by atomic mass is 10.1. The van der Waals surface area contributed by atoms with Gasteiger partial charge in [-0.25, -0.2) is 9.97 Å². The maximum atomic E-state index is 5.87. The molecule has 2 aromatic rings. The van der Waals surface area contributed by atoms with E-state index in [9.17, 15) is 0 Å². The predicted octanol–water partition coefficient (Wildman–Crippen LogP) is 4.55. The van der Waals surface area contributed by atoms with E-state index in [0.717, 1.165) is 12.1 Å². The first-order chi connectivity index (χ1) is 10.1. The molecule has 2 rings (SSSR count). The maximum absolute atomic E-state index is 5.87. The smallest absolute Gasteiger partial charge is 0.191 e. The lowest BCUT2D eigenvalue weighted by Gasteiger charge is -2.11. The van der Waals surface area contributed by atoms with Crippen molar-refractivity contribution < 1.29 is 0 Å². The van der Waals surface area contributed by atoms with E-state index in [0.29, 0.717) is 16.1 Å². The summed E-state index contributed by atoms with van der Waals surface area (Å²) in [4.78, 5) is 12.7. The topological polar surface area (TPSA) is 64.7 Å². The summed E-state index contributed by atoms with van der Waals surface area (Å²) in [5.41, 5.74) is 7.93. The highest BCUT2D eigenvalue weighted by atomic mass is 35.5. The molecular formula is C15H21ClN4S. The molecule has 0 amide bonds. The van der Waals surface area contributed by atoms with Crippen molar-refractivity contribution in [1.29, 1.82) is 0 Å². The normalized spacial score (nSPS) is 11.5. The van der Waals surface area contributed by atoms with Crippen molar-refractivity contribution in [3.8, 4) is 0 Å². The Kier molecular flexibility index (Phi) is 7.47. The van der Waals surface area contributed by atoms with Crippen LogP contribution in [-0.4, -0.2) is 15.0 Å². The van der Waals surface area contributed by atoms with Gasteiger partial charge in [0.15, 0.2) is 5.16 Å². The average Bonchev–Trinajstić information content (AvgIpc) is 2.48. The van der Waals surface area contributed by atoms with Crippen molar-refractivity contribution in [1.82, 2.24) is 15.0 Å². The van der Waals surface area contributed by atoms with Crippen molar-refractivity contribution >= 4 is 29.2 Å². The number of pyridine rings is 1. The molecule has 1 unspecified atom stereocenters. The molecule has 2 aromatic heterocycles. The highest BCUT2D eigenvalue weighted by molar-refractivity contribution is 7.99. The molecule has 0 aliphatic heterocycles. The summed E-state index contributed by atoms with van der Waals surface area (Å²) in [5, 5.41) is 1.07. The molecule has 0 saturated carbocycles. The Morgan fingerprint density at radius 1 is 1.29 bits per heavy atom. The molecule has 0 radical (unpaired) electrons. The zero-order valence-electron chi connectivity index (χ0n) is 12.8. The summed E-state index contributed by atoms with van der Waals surface area (Å²) < 4.78 is 0. The third-order valence-corrected chi connectivity index (χ3v) is 3.83. The number of hydrogen-bond acceptors (Lipinski definition) is 5. The van der Waals surface area contributed by atoms with E-state index in [1.807, 2.05) is 26.1 Å². The highest BCUT2D eigenvalue weighted by Gasteiger charge is 2.12. The van der Waals surface area contributed by atoms with E-state index >= 15 is 0 Å². The number of nitrogens with two attached hydrogens (primary N) is 1. The van der Waals surface area contributed by atoms with Crippen LogP contribution in [0.15, 0.2) is 29.6 Å². The first-order valence-corrected chi connectivity index (χ1v) is 8.25. The fraction of sp³-hybridized carbons (Fsp3) is 0.400. The molecule has 21 heavy (non-hydrogen) atoms. The number of aromatic nitrogens is 3. The van der Waals surface area contributed by atoms with Crippen LogP contribution in [0.1, 0.15) is 44.2 Å². The Balaban J connectivity index is 0.00000106. The first kappa shape index (κ1) is 17.7. The third-order valence-electron chi connectivity index (χ3n) is 2.65. The second kappa shape index (κ2) is 8.85. The average molecular weight is 325 g/mol. The molecule has 6 heteroatoms. The zero-order chi connectivity index (χ0) is 15.8. The highest BCUT2D eigenvalue weighted by Crippen LogP contribution is 2.32. The molecule has 0 aliphatic carbocycles. The lowest BCUT2D eigenvalue weighted by molar-refractivity contribution is 0.939. The number of aryl methyl sites for hydroxylation is 1. The van der Waals surface area contributed by atoms with Crippen LogP contribution in [0.4, 0.5) is 5.82 Å². The van der Waals surface area contributed by atoms with Crippen LogP contribution >= 0.6 is 23.4 Å². The molecule has 2 N–H and O–H groups in total. The van der Waals surface area contributed by atoms with Crippen molar-refractivity contribution in [2.75, 3.05) is 5.73 Å². The molecule has 0 saturated heterocycles. The molecule has 0 spiro atoms. The first-order valence-electron chi connectivity index (χ1n) is 7.00. The standard InChI is InChI=1S/C13H15ClN4S.C2H6/c1-3-9-4-5-16-10(6-9)8(2)19-13-17-11(14)7-12(15)18-13;1-2/h4-8H,3H2,1-2H3,(H2,15,17,18);1-2H3. The summed E-state index contributed by atoms with van der Waals surface area (Å²) in [6, 6.07) is 5.66. The molecule has 0 bridgehead atoms. The molecule has 0 aliphatic rings. The van der Waals surface area contributed by atoms with Gasteiger partial charge in [0.2, 0.25) is 0 Å². The summed E-state index contributed by atoms with van der Waals surface area (Å²) >= 11 is 7.36. The Morgan fingerprint density at radius 2 is 2.00 bits per heavy atom. The molecule has 2 heterocycles. The van der Waals surface area contributed by atoms with Crippen LogP contribution in [0.25, 0.3) is 0 Å². The van der Waals surface area contributed by atoms with Gasteiger partial charge >= 0.3 is 0 Å². The van der Waals surface area contributed by atoms with Crippen LogP contribution < -0.4 is 5.73 Å². The molecule has 0 aromatic carbocycles. The molecule has 114 valence electrons. The Morgan fingerprint density at radius 3 is 2.62 bits per heavy atom. The van der Waals surface area contributed by atoms with Gasteiger partial charge in [0.1, 0.15) is 11.0 Å². The van der Waals surface area contributed by atoms with E-state index in [2.05, 4.69) is 34.9 Å². The number of nitrogen functional groups attached to an aromatic ring is 1. The van der Waals surface area contributed by atoms with Crippen molar-refractivity contribution in [2.45, 2.75) is 44.5 Å². The minimum atomic E-state index is 0.143. The van der Waals surface area contributed by atoms with Gasteiger partial charge in [-0.2, -0.15) is 0 Å². The fourth-order valence-corrected chi connectivity index (χ4v) is 2.74. The van der Waals surface area contributed by atoms with Gasteiger partial charge in [0, 0.05) is 12.3 Å². The molecular weight excluding hydrogens is 304 g/mol. The zero-order valence-corrected chi connectivity index (χ0v) is 14.4. The summed E-state index contributed by atoms with van der Waals surface area (Å²) in [6.45, 7) is 8.19. The number of anilines is 1. The van der Waals surface area contributed by atoms with Crippen LogP contribution in [0.3, 0.4) is 0 Å². The number of thioether (sulfide) groups is 1. The van der Waals surface area contributed by atoms with Gasteiger partial charge < -0.3 is 5.73 Å².